The van der Waals surface area contributed by atoms with Crippen LogP contribution in [0.5, 0.6) is 5.75 Å². The Morgan fingerprint density at radius 1 is 1.11 bits per heavy atom. The molecule has 1 saturated heterocycles. The lowest BCUT2D eigenvalue weighted by atomic mass is 10.1. The number of piperazine rings is 1. The number of amides is 2. The molecule has 1 fully saturated rings. The first kappa shape index (κ1) is 18.2. The minimum absolute atomic E-state index is 0.218. The largest absolute Gasteiger partial charge is 0.426 e. The predicted octanol–water partition coefficient (Wildman–Crippen LogP) is 1.48. The number of nitrogens with one attached hydrogen (secondary N) is 1. The third kappa shape index (κ3) is 3.77. The highest BCUT2D eigenvalue weighted by Gasteiger charge is 2.27. The van der Waals surface area contributed by atoms with Crippen LogP contribution in [0.25, 0.3) is 0 Å². The van der Waals surface area contributed by atoms with Crippen molar-refractivity contribution in [2.75, 3.05) is 36.4 Å². The van der Waals surface area contributed by atoms with Crippen molar-refractivity contribution in [3.63, 3.8) is 0 Å². The third-order valence-electron chi connectivity index (χ3n) is 4.68. The standard InChI is InChI=1S/C19H17ClN4O4/c20-13-2-4-16(21-11-13)23-5-7-24(8-6-23)19(27)18(26)22-14-3-1-12-9-17(25)28-15(12)10-14/h1-4,10-11H,5-9H2,(H,22,26). The Balaban J connectivity index is 1.34. The molecule has 2 aliphatic rings. The van der Waals surface area contributed by atoms with Crippen LogP contribution in [-0.4, -0.2) is 53.8 Å². The predicted molar refractivity (Wildman–Crippen MR) is 102 cm³/mol. The molecule has 4 rings (SSSR count). The highest BCUT2D eigenvalue weighted by molar-refractivity contribution is 6.39. The maximum Gasteiger partial charge on any atom is 0.315 e. The number of carbonyl (C=O) groups excluding carboxylic acids is 3. The van der Waals surface area contributed by atoms with Crippen LogP contribution >= 0.6 is 11.6 Å². The summed E-state index contributed by atoms with van der Waals surface area (Å²) in [5, 5.41) is 3.14. The van der Waals surface area contributed by atoms with E-state index in [0.29, 0.717) is 42.6 Å². The first-order valence-corrected chi connectivity index (χ1v) is 9.18. The van der Waals surface area contributed by atoms with E-state index < -0.39 is 11.8 Å². The number of pyridine rings is 1. The number of hydrogen-bond donors (Lipinski definition) is 1. The molecular weight excluding hydrogens is 384 g/mol. The summed E-state index contributed by atoms with van der Waals surface area (Å²) in [6.45, 7) is 1.97. The molecule has 0 aliphatic carbocycles. The fourth-order valence-electron chi connectivity index (χ4n) is 3.21. The van der Waals surface area contributed by atoms with E-state index in [1.165, 1.54) is 4.90 Å². The number of anilines is 2. The van der Waals surface area contributed by atoms with E-state index in [0.717, 1.165) is 11.4 Å². The van der Waals surface area contributed by atoms with Gasteiger partial charge < -0.3 is 19.9 Å². The quantitative estimate of drug-likeness (QED) is 0.466. The van der Waals surface area contributed by atoms with Crippen LogP contribution in [0, 0.1) is 0 Å². The van der Waals surface area contributed by atoms with Gasteiger partial charge in [-0.05, 0) is 18.2 Å². The second kappa shape index (κ2) is 7.47. The Labute approximate surface area is 166 Å². The summed E-state index contributed by atoms with van der Waals surface area (Å²) in [5.41, 5.74) is 1.18. The van der Waals surface area contributed by atoms with E-state index in [9.17, 15) is 14.4 Å². The first-order valence-electron chi connectivity index (χ1n) is 8.80. The van der Waals surface area contributed by atoms with Crippen molar-refractivity contribution in [1.82, 2.24) is 9.88 Å². The molecule has 9 heteroatoms. The van der Waals surface area contributed by atoms with Gasteiger partial charge in [0, 0.05) is 49.7 Å². The fourth-order valence-corrected chi connectivity index (χ4v) is 3.32. The van der Waals surface area contributed by atoms with Crippen LogP contribution < -0.4 is 15.0 Å². The number of fused-ring (bicyclic) bond motifs is 1. The van der Waals surface area contributed by atoms with Crippen molar-refractivity contribution < 1.29 is 19.1 Å². The van der Waals surface area contributed by atoms with E-state index in [4.69, 9.17) is 16.3 Å². The highest BCUT2D eigenvalue weighted by Crippen LogP contribution is 2.29. The monoisotopic (exact) mass is 400 g/mol. The SMILES string of the molecule is O=C1Cc2ccc(NC(=O)C(=O)N3CCN(c4ccc(Cl)cn4)CC3)cc2O1. The van der Waals surface area contributed by atoms with Gasteiger partial charge in [-0.25, -0.2) is 4.98 Å². The Morgan fingerprint density at radius 2 is 1.89 bits per heavy atom. The summed E-state index contributed by atoms with van der Waals surface area (Å²) in [7, 11) is 0. The molecule has 8 nitrogen and oxygen atoms in total. The molecule has 2 aliphatic heterocycles. The molecule has 0 unspecified atom stereocenters. The maximum absolute atomic E-state index is 12.5. The smallest absolute Gasteiger partial charge is 0.315 e. The lowest BCUT2D eigenvalue weighted by molar-refractivity contribution is -0.143. The molecule has 144 valence electrons. The molecule has 1 N–H and O–H groups in total. The number of nitrogens with zero attached hydrogens (tertiary/aromatic N) is 3. The van der Waals surface area contributed by atoms with Gasteiger partial charge in [0.2, 0.25) is 0 Å². The highest BCUT2D eigenvalue weighted by atomic mass is 35.5. The van der Waals surface area contributed by atoms with E-state index in [-0.39, 0.29) is 12.4 Å². The van der Waals surface area contributed by atoms with Crippen molar-refractivity contribution in [1.29, 1.82) is 0 Å². The lowest BCUT2D eigenvalue weighted by Crippen LogP contribution is -2.51. The zero-order chi connectivity index (χ0) is 19.7. The Hall–Kier alpha value is -3.13. The second-order valence-corrected chi connectivity index (χ2v) is 6.98. The van der Waals surface area contributed by atoms with Crippen LogP contribution in [0.3, 0.4) is 0 Å². The Bertz CT molecular complexity index is 939. The molecule has 1 aromatic carbocycles. The number of benzene rings is 1. The second-order valence-electron chi connectivity index (χ2n) is 6.54. The molecule has 0 saturated carbocycles. The summed E-state index contributed by atoms with van der Waals surface area (Å²) in [4.78, 5) is 43.9. The molecule has 3 heterocycles. The molecular formula is C19H17ClN4O4. The first-order chi connectivity index (χ1) is 13.5. The van der Waals surface area contributed by atoms with Crippen molar-refractivity contribution in [3.05, 3.63) is 47.1 Å². The van der Waals surface area contributed by atoms with Crippen LogP contribution in [0.2, 0.25) is 5.02 Å². The summed E-state index contributed by atoms with van der Waals surface area (Å²) in [6, 6.07) is 8.50. The number of aromatic nitrogens is 1. The zero-order valence-electron chi connectivity index (χ0n) is 14.9. The van der Waals surface area contributed by atoms with E-state index in [1.54, 1.807) is 30.5 Å². The molecule has 1 aromatic heterocycles. The number of hydrogen-bond acceptors (Lipinski definition) is 6. The van der Waals surface area contributed by atoms with Crippen LogP contribution in [0.1, 0.15) is 5.56 Å². The van der Waals surface area contributed by atoms with Gasteiger partial charge in [0.25, 0.3) is 0 Å². The minimum Gasteiger partial charge on any atom is -0.426 e. The number of ether oxygens (including phenoxy) is 1. The van der Waals surface area contributed by atoms with Crippen molar-refractivity contribution in [3.8, 4) is 5.75 Å². The molecule has 0 atom stereocenters. The molecule has 0 radical (unpaired) electrons. The number of halogens is 1. The molecule has 0 bridgehead atoms. The number of esters is 1. The average Bonchev–Trinajstić information content (AvgIpc) is 3.07. The topological polar surface area (TPSA) is 91.8 Å². The minimum atomic E-state index is -0.720. The fraction of sp³-hybridized carbons (Fsp3) is 0.263. The van der Waals surface area contributed by atoms with Crippen LogP contribution in [-0.2, 0) is 20.8 Å². The molecule has 2 amide bonds. The Morgan fingerprint density at radius 3 is 2.61 bits per heavy atom. The summed E-state index contributed by atoms with van der Waals surface area (Å²) in [5.74, 6) is -0.445. The van der Waals surface area contributed by atoms with E-state index >= 15 is 0 Å². The number of rotatable bonds is 2. The van der Waals surface area contributed by atoms with Gasteiger partial charge >= 0.3 is 17.8 Å². The van der Waals surface area contributed by atoms with Gasteiger partial charge in [-0.1, -0.05) is 17.7 Å². The van der Waals surface area contributed by atoms with Gasteiger partial charge in [-0.2, -0.15) is 0 Å². The Kier molecular flexibility index (Phi) is 4.87. The van der Waals surface area contributed by atoms with Crippen LogP contribution in [0.15, 0.2) is 36.5 Å². The van der Waals surface area contributed by atoms with Crippen molar-refractivity contribution >= 4 is 40.9 Å². The van der Waals surface area contributed by atoms with E-state index in [1.807, 2.05) is 11.0 Å². The van der Waals surface area contributed by atoms with Gasteiger partial charge in [0.05, 0.1) is 11.4 Å². The summed E-state index contributed by atoms with van der Waals surface area (Å²) in [6.07, 6.45) is 1.80. The number of carbonyl (C=O) groups is 3. The van der Waals surface area contributed by atoms with Crippen LogP contribution in [0.4, 0.5) is 11.5 Å². The maximum atomic E-state index is 12.5. The molecule has 28 heavy (non-hydrogen) atoms. The molecule has 0 spiro atoms. The third-order valence-corrected chi connectivity index (χ3v) is 4.90. The van der Waals surface area contributed by atoms with Gasteiger partial charge in [0.15, 0.2) is 0 Å². The van der Waals surface area contributed by atoms with Crippen molar-refractivity contribution in [2.45, 2.75) is 6.42 Å². The zero-order valence-corrected chi connectivity index (χ0v) is 15.6. The summed E-state index contributed by atoms with van der Waals surface area (Å²) < 4.78 is 5.06. The molecule has 2 aromatic rings. The average molecular weight is 401 g/mol. The normalized spacial score (nSPS) is 15.8. The lowest BCUT2D eigenvalue weighted by Gasteiger charge is -2.35. The van der Waals surface area contributed by atoms with Gasteiger partial charge in [-0.3, -0.25) is 14.4 Å². The summed E-state index contributed by atoms with van der Waals surface area (Å²) >= 11 is 5.85. The van der Waals surface area contributed by atoms with Crippen molar-refractivity contribution in [2.24, 2.45) is 0 Å². The van der Waals surface area contributed by atoms with Gasteiger partial charge in [0.1, 0.15) is 11.6 Å². The van der Waals surface area contributed by atoms with Gasteiger partial charge in [-0.15, -0.1) is 0 Å². The van der Waals surface area contributed by atoms with E-state index in [2.05, 4.69) is 10.3 Å².